The van der Waals surface area contributed by atoms with Crippen molar-refractivity contribution in [2.45, 2.75) is 39.2 Å². The summed E-state index contributed by atoms with van der Waals surface area (Å²) in [6, 6.07) is 11.1. The number of nitrogens with zero attached hydrogens (tertiary/aromatic N) is 2. The SMILES string of the molecule is CCC[C@@H](Oc1nc(O)c2c(CC)cc(=O)oc2n1)c1ccccc1. The van der Waals surface area contributed by atoms with Crippen molar-refractivity contribution in [2.75, 3.05) is 0 Å². The highest BCUT2D eigenvalue weighted by Crippen LogP contribution is 2.29. The molecule has 0 spiro atoms. The number of ether oxygens (including phenoxy) is 1. The van der Waals surface area contributed by atoms with Gasteiger partial charge in [-0.2, -0.15) is 9.97 Å². The molecule has 0 unspecified atom stereocenters. The van der Waals surface area contributed by atoms with Gasteiger partial charge in [0.2, 0.25) is 11.6 Å². The van der Waals surface area contributed by atoms with Crippen LogP contribution in [0.15, 0.2) is 45.6 Å². The molecular formula is C19H20N2O4. The van der Waals surface area contributed by atoms with Crippen molar-refractivity contribution < 1.29 is 14.3 Å². The van der Waals surface area contributed by atoms with Crippen molar-refractivity contribution in [1.29, 1.82) is 0 Å². The summed E-state index contributed by atoms with van der Waals surface area (Å²) in [6.45, 7) is 3.94. The van der Waals surface area contributed by atoms with Crippen molar-refractivity contribution in [3.8, 4) is 11.9 Å². The van der Waals surface area contributed by atoms with Crippen LogP contribution in [0.5, 0.6) is 11.9 Å². The third-order valence-corrected chi connectivity index (χ3v) is 4.00. The summed E-state index contributed by atoms with van der Waals surface area (Å²) in [5, 5.41) is 10.6. The fraction of sp³-hybridized carbons (Fsp3) is 0.316. The van der Waals surface area contributed by atoms with Gasteiger partial charge in [-0.15, -0.1) is 0 Å². The third kappa shape index (κ3) is 3.63. The quantitative estimate of drug-likeness (QED) is 0.735. The van der Waals surface area contributed by atoms with E-state index in [4.69, 9.17) is 9.15 Å². The van der Waals surface area contributed by atoms with Gasteiger partial charge in [0.25, 0.3) is 0 Å². The van der Waals surface area contributed by atoms with E-state index in [1.807, 2.05) is 37.3 Å². The fourth-order valence-electron chi connectivity index (χ4n) is 2.79. The van der Waals surface area contributed by atoms with Gasteiger partial charge in [-0.05, 0) is 24.0 Å². The van der Waals surface area contributed by atoms with Gasteiger partial charge in [0, 0.05) is 6.07 Å². The van der Waals surface area contributed by atoms with Crippen LogP contribution in [0.1, 0.15) is 43.9 Å². The van der Waals surface area contributed by atoms with E-state index in [0.717, 1.165) is 18.4 Å². The Hall–Kier alpha value is -2.89. The smallest absolute Gasteiger partial charge is 0.337 e. The third-order valence-electron chi connectivity index (χ3n) is 4.00. The van der Waals surface area contributed by atoms with Crippen LogP contribution in [0.3, 0.4) is 0 Å². The number of benzene rings is 1. The Morgan fingerprint density at radius 1 is 1.20 bits per heavy atom. The van der Waals surface area contributed by atoms with Crippen molar-refractivity contribution in [1.82, 2.24) is 9.97 Å². The van der Waals surface area contributed by atoms with E-state index in [2.05, 4.69) is 16.9 Å². The second-order valence-corrected chi connectivity index (χ2v) is 5.76. The van der Waals surface area contributed by atoms with Crippen LogP contribution in [0, 0.1) is 0 Å². The lowest BCUT2D eigenvalue weighted by molar-refractivity contribution is 0.175. The van der Waals surface area contributed by atoms with Crippen molar-refractivity contribution in [3.63, 3.8) is 0 Å². The number of aryl methyl sites for hydroxylation is 1. The highest BCUT2D eigenvalue weighted by Gasteiger charge is 2.18. The van der Waals surface area contributed by atoms with Crippen molar-refractivity contribution >= 4 is 11.1 Å². The molecule has 1 N–H and O–H groups in total. The number of aromatic nitrogens is 2. The Morgan fingerprint density at radius 3 is 2.64 bits per heavy atom. The van der Waals surface area contributed by atoms with Crippen LogP contribution in [0.4, 0.5) is 0 Å². The Bertz CT molecular complexity index is 922. The van der Waals surface area contributed by atoms with E-state index in [-0.39, 0.29) is 23.7 Å². The van der Waals surface area contributed by atoms with Gasteiger partial charge in [0.1, 0.15) is 11.5 Å². The maximum absolute atomic E-state index is 11.7. The maximum Gasteiger partial charge on any atom is 0.337 e. The van der Waals surface area contributed by atoms with Crippen LogP contribution in [0.25, 0.3) is 11.1 Å². The molecule has 0 saturated heterocycles. The Labute approximate surface area is 145 Å². The van der Waals surface area contributed by atoms with Crippen molar-refractivity contribution in [2.24, 2.45) is 0 Å². The molecule has 3 rings (SSSR count). The molecule has 0 aliphatic rings. The summed E-state index contributed by atoms with van der Waals surface area (Å²) in [5.41, 5.74) is 1.16. The van der Waals surface area contributed by atoms with Gasteiger partial charge in [-0.25, -0.2) is 4.79 Å². The molecule has 1 atom stereocenters. The average molecular weight is 340 g/mol. The topological polar surface area (TPSA) is 85.5 Å². The Morgan fingerprint density at radius 2 is 1.96 bits per heavy atom. The van der Waals surface area contributed by atoms with Gasteiger partial charge in [-0.1, -0.05) is 50.6 Å². The lowest BCUT2D eigenvalue weighted by atomic mass is 10.1. The van der Waals surface area contributed by atoms with Crippen LogP contribution in [0.2, 0.25) is 0 Å². The highest BCUT2D eigenvalue weighted by atomic mass is 16.5. The molecule has 0 aliphatic carbocycles. The number of fused-ring (bicyclic) bond motifs is 1. The van der Waals surface area contributed by atoms with E-state index >= 15 is 0 Å². The average Bonchev–Trinajstić information content (AvgIpc) is 2.61. The van der Waals surface area contributed by atoms with Gasteiger partial charge in [0.15, 0.2) is 0 Å². The first-order valence-electron chi connectivity index (χ1n) is 8.37. The lowest BCUT2D eigenvalue weighted by Gasteiger charge is -2.18. The maximum atomic E-state index is 11.7. The van der Waals surface area contributed by atoms with Crippen LogP contribution >= 0.6 is 0 Å². The molecule has 1 aromatic carbocycles. The normalized spacial score (nSPS) is 12.2. The molecule has 3 aromatic rings. The molecule has 0 aliphatic heterocycles. The van der Waals surface area contributed by atoms with Crippen LogP contribution < -0.4 is 10.4 Å². The van der Waals surface area contributed by atoms with Gasteiger partial charge < -0.3 is 14.3 Å². The molecule has 0 amide bonds. The predicted molar refractivity (Wildman–Crippen MR) is 93.8 cm³/mol. The summed E-state index contributed by atoms with van der Waals surface area (Å²) in [6.07, 6.45) is 1.99. The zero-order valence-corrected chi connectivity index (χ0v) is 14.2. The number of rotatable bonds is 6. The molecule has 130 valence electrons. The van der Waals surface area contributed by atoms with Crippen LogP contribution in [-0.2, 0) is 6.42 Å². The van der Waals surface area contributed by atoms with Crippen molar-refractivity contribution in [3.05, 3.63) is 57.9 Å². The number of aromatic hydroxyl groups is 1. The van der Waals surface area contributed by atoms with E-state index in [1.54, 1.807) is 0 Å². The minimum Gasteiger partial charge on any atom is -0.493 e. The van der Waals surface area contributed by atoms with Gasteiger partial charge in [-0.3, -0.25) is 0 Å². The largest absolute Gasteiger partial charge is 0.493 e. The molecule has 6 nitrogen and oxygen atoms in total. The molecule has 2 heterocycles. The Kier molecular flexibility index (Phi) is 4.97. The van der Waals surface area contributed by atoms with E-state index in [1.165, 1.54) is 6.07 Å². The van der Waals surface area contributed by atoms with E-state index in [0.29, 0.717) is 17.4 Å². The summed E-state index contributed by atoms with van der Waals surface area (Å²) in [4.78, 5) is 19.9. The summed E-state index contributed by atoms with van der Waals surface area (Å²) < 4.78 is 11.0. The molecule has 0 saturated carbocycles. The van der Waals surface area contributed by atoms with Crippen LogP contribution in [-0.4, -0.2) is 15.1 Å². The molecule has 2 aromatic heterocycles. The van der Waals surface area contributed by atoms with E-state index in [9.17, 15) is 9.90 Å². The molecular weight excluding hydrogens is 320 g/mol. The fourth-order valence-corrected chi connectivity index (χ4v) is 2.79. The monoisotopic (exact) mass is 340 g/mol. The highest BCUT2D eigenvalue weighted by molar-refractivity contribution is 5.82. The zero-order chi connectivity index (χ0) is 17.8. The first-order valence-corrected chi connectivity index (χ1v) is 8.37. The number of hydrogen-bond acceptors (Lipinski definition) is 6. The van der Waals surface area contributed by atoms with Gasteiger partial charge >= 0.3 is 11.6 Å². The summed E-state index contributed by atoms with van der Waals surface area (Å²) >= 11 is 0. The summed E-state index contributed by atoms with van der Waals surface area (Å²) in [7, 11) is 0. The van der Waals surface area contributed by atoms with Gasteiger partial charge in [0.05, 0.1) is 0 Å². The number of hydrogen-bond donors (Lipinski definition) is 1. The Balaban J connectivity index is 2.02. The second-order valence-electron chi connectivity index (χ2n) is 5.76. The molecule has 25 heavy (non-hydrogen) atoms. The summed E-state index contributed by atoms with van der Waals surface area (Å²) in [5.74, 6) is -0.246. The molecule has 6 heteroatoms. The predicted octanol–water partition coefficient (Wildman–Crippen LogP) is 3.77. The lowest BCUT2D eigenvalue weighted by Crippen LogP contribution is -2.10. The first kappa shape index (κ1) is 17.0. The van der Waals surface area contributed by atoms with E-state index < -0.39 is 5.63 Å². The molecule has 0 radical (unpaired) electrons. The molecule has 0 fully saturated rings. The second kappa shape index (κ2) is 7.34. The standard InChI is InChI=1S/C19H20N2O4/c1-3-8-14(13-9-6-5-7-10-13)24-19-20-17(23)16-12(4-2)11-15(22)25-18(16)21-19/h5-7,9-11,14H,3-4,8H2,1-2H3,(H,20,21,23)/t14-/m1/s1. The first-order chi connectivity index (χ1) is 12.1. The molecule has 0 bridgehead atoms. The minimum atomic E-state index is -0.512. The minimum absolute atomic E-state index is 0.0105. The zero-order valence-electron chi connectivity index (χ0n) is 14.2.